The molecule has 0 heterocycles. The van der Waals surface area contributed by atoms with Crippen molar-refractivity contribution < 1.29 is 15.0 Å². The molecule has 0 spiro atoms. The Morgan fingerprint density at radius 3 is 2.41 bits per heavy atom. The van der Waals surface area contributed by atoms with E-state index >= 15 is 0 Å². The SMILES string of the molecule is C[C@@H]([NH2+]CC(=O)Nc1ccc([N+](=O)[O-])cc1)c1ccccc1. The van der Waals surface area contributed by atoms with Gasteiger partial charge in [0.1, 0.15) is 6.04 Å². The molecule has 0 aliphatic carbocycles. The van der Waals surface area contributed by atoms with Crippen LogP contribution in [0.4, 0.5) is 11.4 Å². The standard InChI is InChI=1S/C16H17N3O3/c1-12(13-5-3-2-4-6-13)17-11-16(20)18-14-7-9-15(10-8-14)19(21)22/h2-10,12,17H,11H2,1H3,(H,18,20)/p+1/t12-/m1/s1. The first-order valence-corrected chi connectivity index (χ1v) is 6.99. The van der Waals surface area contributed by atoms with Gasteiger partial charge in [-0.3, -0.25) is 14.9 Å². The number of nitrogens with zero attached hydrogens (tertiary/aromatic N) is 1. The Morgan fingerprint density at radius 1 is 1.18 bits per heavy atom. The van der Waals surface area contributed by atoms with Gasteiger partial charge in [-0.1, -0.05) is 30.3 Å². The fourth-order valence-electron chi connectivity index (χ4n) is 2.05. The molecule has 0 saturated carbocycles. The highest BCUT2D eigenvalue weighted by molar-refractivity contribution is 5.91. The van der Waals surface area contributed by atoms with Crippen LogP contribution in [0.25, 0.3) is 0 Å². The van der Waals surface area contributed by atoms with Gasteiger partial charge in [0.15, 0.2) is 6.54 Å². The van der Waals surface area contributed by atoms with Gasteiger partial charge >= 0.3 is 0 Å². The minimum Gasteiger partial charge on any atom is -0.333 e. The Balaban J connectivity index is 1.84. The van der Waals surface area contributed by atoms with Crippen LogP contribution >= 0.6 is 0 Å². The number of carbonyl (C=O) groups is 1. The van der Waals surface area contributed by atoms with Gasteiger partial charge in [0.2, 0.25) is 0 Å². The van der Waals surface area contributed by atoms with Crippen molar-refractivity contribution >= 4 is 17.3 Å². The maximum absolute atomic E-state index is 11.9. The number of carbonyl (C=O) groups excluding carboxylic acids is 1. The quantitative estimate of drug-likeness (QED) is 0.630. The van der Waals surface area contributed by atoms with Crippen molar-refractivity contribution in [1.29, 1.82) is 0 Å². The third-order valence-corrected chi connectivity index (χ3v) is 3.34. The van der Waals surface area contributed by atoms with Crippen LogP contribution in [0, 0.1) is 10.1 Å². The van der Waals surface area contributed by atoms with Crippen molar-refractivity contribution in [2.45, 2.75) is 13.0 Å². The number of quaternary nitrogens is 1. The minimum atomic E-state index is -0.471. The van der Waals surface area contributed by atoms with E-state index in [1.807, 2.05) is 42.6 Å². The molecule has 2 rings (SSSR count). The molecule has 114 valence electrons. The molecule has 0 aliphatic heterocycles. The summed E-state index contributed by atoms with van der Waals surface area (Å²) in [5, 5.41) is 15.2. The second-order valence-electron chi connectivity index (χ2n) is 4.99. The first kappa shape index (κ1) is 15.7. The van der Waals surface area contributed by atoms with Gasteiger partial charge in [-0.15, -0.1) is 0 Å². The summed E-state index contributed by atoms with van der Waals surface area (Å²) in [6.07, 6.45) is 0. The highest BCUT2D eigenvalue weighted by Gasteiger charge is 2.11. The number of hydrogen-bond donors (Lipinski definition) is 2. The molecule has 0 aliphatic rings. The molecule has 2 aromatic rings. The topological polar surface area (TPSA) is 88.8 Å². The third kappa shape index (κ3) is 4.39. The number of nitrogens with one attached hydrogen (secondary N) is 1. The zero-order valence-electron chi connectivity index (χ0n) is 12.2. The number of anilines is 1. The molecular weight excluding hydrogens is 282 g/mol. The maximum Gasteiger partial charge on any atom is 0.279 e. The molecule has 6 nitrogen and oxygen atoms in total. The number of amides is 1. The normalized spacial score (nSPS) is 11.7. The van der Waals surface area contributed by atoms with Crippen molar-refractivity contribution in [2.75, 3.05) is 11.9 Å². The molecule has 6 heteroatoms. The van der Waals surface area contributed by atoms with Gasteiger partial charge in [0, 0.05) is 23.4 Å². The van der Waals surface area contributed by atoms with Crippen molar-refractivity contribution in [2.24, 2.45) is 0 Å². The summed E-state index contributed by atoms with van der Waals surface area (Å²) in [6.45, 7) is 2.32. The van der Waals surface area contributed by atoms with E-state index in [1.54, 1.807) is 0 Å². The van der Waals surface area contributed by atoms with E-state index < -0.39 is 4.92 Å². The molecular formula is C16H18N3O3+. The summed E-state index contributed by atoms with van der Waals surface area (Å²) in [4.78, 5) is 22.0. The first-order chi connectivity index (χ1) is 10.6. The lowest BCUT2D eigenvalue weighted by atomic mass is 10.1. The molecule has 1 atom stereocenters. The summed E-state index contributed by atoms with van der Waals surface area (Å²) < 4.78 is 0. The molecule has 0 radical (unpaired) electrons. The summed E-state index contributed by atoms with van der Waals surface area (Å²) in [6, 6.07) is 15.9. The Labute approximate surface area is 128 Å². The maximum atomic E-state index is 11.9. The van der Waals surface area contributed by atoms with E-state index in [9.17, 15) is 14.9 Å². The van der Waals surface area contributed by atoms with Crippen LogP contribution in [0.1, 0.15) is 18.5 Å². The molecule has 0 aromatic heterocycles. The predicted octanol–water partition coefficient (Wildman–Crippen LogP) is 1.86. The Bertz CT molecular complexity index is 641. The Morgan fingerprint density at radius 2 is 1.82 bits per heavy atom. The van der Waals surface area contributed by atoms with Gasteiger partial charge in [0.05, 0.1) is 4.92 Å². The fourth-order valence-corrected chi connectivity index (χ4v) is 2.05. The first-order valence-electron chi connectivity index (χ1n) is 6.99. The van der Waals surface area contributed by atoms with Gasteiger partial charge in [-0.05, 0) is 19.1 Å². The van der Waals surface area contributed by atoms with Gasteiger partial charge in [-0.2, -0.15) is 0 Å². The summed E-state index contributed by atoms with van der Waals surface area (Å²) in [5.41, 5.74) is 1.71. The second-order valence-corrected chi connectivity index (χ2v) is 4.99. The average molecular weight is 300 g/mol. The summed E-state index contributed by atoms with van der Waals surface area (Å²) in [5.74, 6) is -0.142. The largest absolute Gasteiger partial charge is 0.333 e. The summed E-state index contributed by atoms with van der Waals surface area (Å²) >= 11 is 0. The lowest BCUT2D eigenvalue weighted by Crippen LogP contribution is -2.86. The average Bonchev–Trinajstić information content (AvgIpc) is 2.54. The zero-order chi connectivity index (χ0) is 15.9. The van der Waals surface area contributed by atoms with Crippen LogP contribution in [0.15, 0.2) is 54.6 Å². The van der Waals surface area contributed by atoms with Crippen molar-refractivity contribution in [3.8, 4) is 0 Å². The molecule has 2 aromatic carbocycles. The van der Waals surface area contributed by atoms with E-state index in [1.165, 1.54) is 24.3 Å². The van der Waals surface area contributed by atoms with Crippen LogP contribution in [0.3, 0.4) is 0 Å². The van der Waals surface area contributed by atoms with Gasteiger partial charge < -0.3 is 10.6 Å². The van der Waals surface area contributed by atoms with Crippen LogP contribution in [-0.4, -0.2) is 17.4 Å². The number of nitro benzene ring substituents is 1. The van der Waals surface area contributed by atoms with E-state index in [4.69, 9.17) is 0 Å². The monoisotopic (exact) mass is 300 g/mol. The third-order valence-electron chi connectivity index (χ3n) is 3.34. The van der Waals surface area contributed by atoms with Crippen LogP contribution in [0.2, 0.25) is 0 Å². The lowest BCUT2D eigenvalue weighted by Gasteiger charge is -2.11. The molecule has 0 unspecified atom stereocenters. The van der Waals surface area contributed by atoms with Crippen LogP contribution in [-0.2, 0) is 4.79 Å². The van der Waals surface area contributed by atoms with Crippen molar-refractivity contribution in [1.82, 2.24) is 0 Å². The molecule has 0 saturated heterocycles. The molecule has 3 N–H and O–H groups in total. The number of benzene rings is 2. The number of rotatable bonds is 6. The van der Waals surface area contributed by atoms with Gasteiger partial charge in [-0.25, -0.2) is 0 Å². The zero-order valence-corrected chi connectivity index (χ0v) is 12.2. The van der Waals surface area contributed by atoms with Crippen LogP contribution < -0.4 is 10.6 Å². The number of nitro groups is 1. The van der Waals surface area contributed by atoms with Crippen molar-refractivity contribution in [3.63, 3.8) is 0 Å². The Kier molecular flexibility index (Phi) is 5.21. The molecule has 1 amide bonds. The lowest BCUT2D eigenvalue weighted by molar-refractivity contribution is -0.682. The molecule has 22 heavy (non-hydrogen) atoms. The second kappa shape index (κ2) is 7.33. The highest BCUT2D eigenvalue weighted by atomic mass is 16.6. The van der Waals surface area contributed by atoms with E-state index in [0.29, 0.717) is 5.69 Å². The number of non-ortho nitro benzene ring substituents is 1. The van der Waals surface area contributed by atoms with E-state index in [0.717, 1.165) is 5.56 Å². The van der Waals surface area contributed by atoms with Crippen LogP contribution in [0.5, 0.6) is 0 Å². The number of hydrogen-bond acceptors (Lipinski definition) is 3. The van der Waals surface area contributed by atoms with Crippen molar-refractivity contribution in [3.05, 3.63) is 70.3 Å². The van der Waals surface area contributed by atoms with Gasteiger partial charge in [0.25, 0.3) is 11.6 Å². The van der Waals surface area contributed by atoms with E-state index in [2.05, 4.69) is 5.32 Å². The fraction of sp³-hybridized carbons (Fsp3) is 0.188. The molecule has 0 fully saturated rings. The Hall–Kier alpha value is -2.73. The minimum absolute atomic E-state index is 0.00209. The number of nitrogens with two attached hydrogens (primary N) is 1. The highest BCUT2D eigenvalue weighted by Crippen LogP contribution is 2.15. The predicted molar refractivity (Wildman–Crippen MR) is 83.4 cm³/mol. The smallest absolute Gasteiger partial charge is 0.279 e. The molecule has 0 bridgehead atoms. The summed E-state index contributed by atoms with van der Waals surface area (Å²) in [7, 11) is 0. The van der Waals surface area contributed by atoms with E-state index in [-0.39, 0.29) is 24.2 Å².